The molecule has 22 heavy (non-hydrogen) atoms. The summed E-state index contributed by atoms with van der Waals surface area (Å²) in [5.74, 6) is 0.369. The van der Waals surface area contributed by atoms with Gasteiger partial charge in [0, 0.05) is 27.9 Å². The van der Waals surface area contributed by atoms with Crippen molar-refractivity contribution in [2.24, 2.45) is 0 Å². The molecule has 1 unspecified atom stereocenters. The van der Waals surface area contributed by atoms with Crippen LogP contribution in [0.15, 0.2) is 0 Å². The summed E-state index contributed by atoms with van der Waals surface area (Å²) in [4.78, 5) is 33.6. The molecule has 8 nitrogen and oxygen atoms in total. The van der Waals surface area contributed by atoms with Crippen molar-refractivity contribution in [2.75, 3.05) is 7.11 Å². The van der Waals surface area contributed by atoms with Crippen LogP contribution in [0.3, 0.4) is 0 Å². The van der Waals surface area contributed by atoms with E-state index in [2.05, 4.69) is 5.92 Å². The smallest absolute Gasteiger partial charge is 0.303 e. The van der Waals surface area contributed by atoms with Gasteiger partial charge < -0.3 is 23.7 Å². The van der Waals surface area contributed by atoms with Crippen LogP contribution in [0.4, 0.5) is 0 Å². The minimum atomic E-state index is -1.12. The van der Waals surface area contributed by atoms with Crippen molar-refractivity contribution in [1.29, 1.82) is 0 Å². The first kappa shape index (κ1) is 17.9. The molecule has 1 aliphatic rings. The van der Waals surface area contributed by atoms with Gasteiger partial charge in [-0.3, -0.25) is 14.4 Å². The zero-order valence-corrected chi connectivity index (χ0v) is 12.7. The van der Waals surface area contributed by atoms with Crippen molar-refractivity contribution in [3.63, 3.8) is 0 Å². The van der Waals surface area contributed by atoms with E-state index < -0.39 is 48.6 Å². The Kier molecular flexibility index (Phi) is 6.34. The van der Waals surface area contributed by atoms with Gasteiger partial charge in [0.25, 0.3) is 0 Å². The van der Waals surface area contributed by atoms with Crippen molar-refractivity contribution >= 4 is 17.9 Å². The maximum atomic E-state index is 11.3. The minimum Gasteiger partial charge on any atom is -0.455 e. The molecule has 0 aromatic heterocycles. The fourth-order valence-electron chi connectivity index (χ4n) is 2.10. The van der Waals surface area contributed by atoms with E-state index in [4.69, 9.17) is 30.1 Å². The summed E-state index contributed by atoms with van der Waals surface area (Å²) in [5, 5.41) is 0. The monoisotopic (exact) mass is 314 g/mol. The van der Waals surface area contributed by atoms with Crippen molar-refractivity contribution in [2.45, 2.75) is 51.5 Å². The summed E-state index contributed by atoms with van der Waals surface area (Å²) in [6, 6.07) is 0. The first-order chi connectivity index (χ1) is 10.3. The van der Waals surface area contributed by atoms with E-state index in [0.717, 1.165) is 0 Å². The molecule has 8 heteroatoms. The third-order valence-corrected chi connectivity index (χ3v) is 2.80. The fraction of sp³-hybridized carbons (Fsp3) is 0.643. The van der Waals surface area contributed by atoms with Crippen LogP contribution in [0, 0.1) is 12.3 Å². The molecule has 1 aliphatic heterocycles. The molecular formula is C14H18O8. The minimum absolute atomic E-state index is 0.613. The van der Waals surface area contributed by atoms with Crippen LogP contribution >= 0.6 is 0 Å². The largest absolute Gasteiger partial charge is 0.455 e. The molecule has 1 rings (SSSR count). The molecule has 0 aromatic carbocycles. The quantitative estimate of drug-likeness (QED) is 0.390. The second-order valence-corrected chi connectivity index (χ2v) is 4.55. The van der Waals surface area contributed by atoms with Gasteiger partial charge in [0.1, 0.15) is 6.10 Å². The Hall–Kier alpha value is -2.11. The van der Waals surface area contributed by atoms with Gasteiger partial charge >= 0.3 is 17.9 Å². The summed E-state index contributed by atoms with van der Waals surface area (Å²) in [7, 11) is 1.32. The SMILES string of the molecule is C#C[C@H](OC(C)=O)[C@H]1OC(OC)[C@@H](OC(C)=O)[C@@H]1OC(C)=O. The van der Waals surface area contributed by atoms with Crippen LogP contribution in [0.1, 0.15) is 20.8 Å². The molecule has 0 spiro atoms. The topological polar surface area (TPSA) is 97.4 Å². The highest BCUT2D eigenvalue weighted by Crippen LogP contribution is 2.30. The summed E-state index contributed by atoms with van der Waals surface area (Å²) in [6.45, 7) is 3.55. The highest BCUT2D eigenvalue weighted by molar-refractivity contribution is 5.68. The molecular weight excluding hydrogens is 296 g/mol. The van der Waals surface area contributed by atoms with Crippen LogP contribution in [-0.2, 0) is 38.1 Å². The number of hydrogen-bond donors (Lipinski definition) is 0. The number of carbonyl (C=O) groups excluding carboxylic acids is 3. The summed E-state index contributed by atoms with van der Waals surface area (Å²) in [5.41, 5.74) is 0. The highest BCUT2D eigenvalue weighted by atomic mass is 16.7. The Bertz CT molecular complexity index is 480. The van der Waals surface area contributed by atoms with Crippen molar-refractivity contribution in [1.82, 2.24) is 0 Å². The Balaban J connectivity index is 3.07. The van der Waals surface area contributed by atoms with Crippen LogP contribution in [-0.4, -0.2) is 55.7 Å². The van der Waals surface area contributed by atoms with Gasteiger partial charge in [-0.2, -0.15) is 0 Å². The molecule has 122 valence electrons. The number of rotatable bonds is 5. The zero-order valence-electron chi connectivity index (χ0n) is 12.7. The first-order valence-electron chi connectivity index (χ1n) is 6.46. The van der Waals surface area contributed by atoms with E-state index in [1.165, 1.54) is 27.9 Å². The lowest BCUT2D eigenvalue weighted by Gasteiger charge is -2.25. The predicted molar refractivity (Wildman–Crippen MR) is 71.2 cm³/mol. The van der Waals surface area contributed by atoms with E-state index in [1.807, 2.05) is 0 Å². The van der Waals surface area contributed by atoms with E-state index in [9.17, 15) is 14.4 Å². The maximum Gasteiger partial charge on any atom is 0.303 e. The van der Waals surface area contributed by atoms with Crippen molar-refractivity contribution in [3.8, 4) is 12.3 Å². The van der Waals surface area contributed by atoms with Gasteiger partial charge in [-0.15, -0.1) is 6.42 Å². The van der Waals surface area contributed by atoms with Gasteiger partial charge in [0.15, 0.2) is 24.6 Å². The van der Waals surface area contributed by atoms with Crippen LogP contribution in [0.25, 0.3) is 0 Å². The van der Waals surface area contributed by atoms with Gasteiger partial charge in [-0.1, -0.05) is 5.92 Å². The van der Waals surface area contributed by atoms with Crippen molar-refractivity contribution in [3.05, 3.63) is 0 Å². The Morgan fingerprint density at radius 3 is 2.00 bits per heavy atom. The molecule has 1 fully saturated rings. The normalized spacial score (nSPS) is 28.3. The van der Waals surface area contributed by atoms with Gasteiger partial charge in [-0.05, 0) is 0 Å². The molecule has 0 aromatic rings. The lowest BCUT2D eigenvalue weighted by molar-refractivity contribution is -0.183. The van der Waals surface area contributed by atoms with Crippen LogP contribution in [0.5, 0.6) is 0 Å². The Morgan fingerprint density at radius 2 is 1.59 bits per heavy atom. The molecule has 1 saturated heterocycles. The maximum absolute atomic E-state index is 11.3. The van der Waals surface area contributed by atoms with Gasteiger partial charge in [-0.25, -0.2) is 0 Å². The standard InChI is InChI=1S/C14H18O8/c1-6-10(19-7(2)15)11-12(20-8(3)16)13(21-9(4)17)14(18-5)22-11/h1,10-14H,2-5H3/t10-,11+,12+,13-,14?/m0/s1. The fourth-order valence-corrected chi connectivity index (χ4v) is 2.10. The summed E-state index contributed by atoms with van der Waals surface area (Å²) >= 11 is 0. The Morgan fingerprint density at radius 1 is 1.05 bits per heavy atom. The van der Waals surface area contributed by atoms with E-state index in [1.54, 1.807) is 0 Å². The number of hydrogen-bond acceptors (Lipinski definition) is 8. The zero-order chi connectivity index (χ0) is 16.9. The molecule has 0 bridgehead atoms. The highest BCUT2D eigenvalue weighted by Gasteiger charge is 2.53. The molecule has 5 atom stereocenters. The second kappa shape index (κ2) is 7.77. The average Bonchev–Trinajstić information content (AvgIpc) is 2.73. The van der Waals surface area contributed by atoms with Crippen molar-refractivity contribution < 1.29 is 38.1 Å². The number of carbonyl (C=O) groups is 3. The number of ether oxygens (including phenoxy) is 5. The molecule has 0 radical (unpaired) electrons. The van der Waals surface area contributed by atoms with E-state index in [-0.39, 0.29) is 0 Å². The number of esters is 3. The molecule has 0 amide bonds. The Labute approximate surface area is 128 Å². The van der Waals surface area contributed by atoms with Gasteiger partial charge in [0.2, 0.25) is 0 Å². The third kappa shape index (κ3) is 4.44. The number of terminal acetylenes is 1. The molecule has 0 N–H and O–H groups in total. The lowest BCUT2D eigenvalue weighted by atomic mass is 10.1. The predicted octanol–water partition coefficient (Wildman–Crippen LogP) is -0.214. The molecule has 0 aliphatic carbocycles. The van der Waals surface area contributed by atoms with Crippen LogP contribution < -0.4 is 0 Å². The first-order valence-corrected chi connectivity index (χ1v) is 6.46. The second-order valence-electron chi connectivity index (χ2n) is 4.55. The molecule has 1 heterocycles. The summed E-state index contributed by atoms with van der Waals surface area (Å²) in [6.07, 6.45) is 0.0871. The van der Waals surface area contributed by atoms with E-state index >= 15 is 0 Å². The van der Waals surface area contributed by atoms with Gasteiger partial charge in [0.05, 0.1) is 0 Å². The molecule has 0 saturated carbocycles. The lowest BCUT2D eigenvalue weighted by Crippen LogP contribution is -2.44. The average molecular weight is 314 g/mol. The third-order valence-electron chi connectivity index (χ3n) is 2.80. The van der Waals surface area contributed by atoms with E-state index in [0.29, 0.717) is 0 Å². The number of methoxy groups -OCH3 is 1. The van der Waals surface area contributed by atoms with Crippen LogP contribution in [0.2, 0.25) is 0 Å². The summed E-state index contributed by atoms with van der Waals surface area (Å²) < 4.78 is 25.7.